The van der Waals surface area contributed by atoms with Crippen molar-refractivity contribution in [3.8, 4) is 0 Å². The molecule has 8 heteroatoms. The first kappa shape index (κ1) is 21.4. The fraction of sp³-hybridized carbons (Fsp3) is 0.273. The molecule has 0 saturated carbocycles. The van der Waals surface area contributed by atoms with Gasteiger partial charge >= 0.3 is 0 Å². The molecule has 158 valence electrons. The van der Waals surface area contributed by atoms with Gasteiger partial charge in [-0.1, -0.05) is 13.0 Å². The third-order valence-electron chi connectivity index (χ3n) is 4.91. The van der Waals surface area contributed by atoms with E-state index in [9.17, 15) is 18.7 Å². The number of amides is 1. The summed E-state index contributed by atoms with van der Waals surface area (Å²) in [6.45, 7) is 5.33. The van der Waals surface area contributed by atoms with E-state index in [1.807, 2.05) is 26.0 Å². The first-order chi connectivity index (χ1) is 14.3. The number of nitrogens with one attached hydrogen (secondary N) is 1. The Labute approximate surface area is 173 Å². The summed E-state index contributed by atoms with van der Waals surface area (Å²) in [5.41, 5.74) is 9.04. The summed E-state index contributed by atoms with van der Waals surface area (Å²) in [4.78, 5) is 18.7. The number of hydrogen-bond donors (Lipinski definition) is 3. The molecule has 0 radical (unpaired) electrons. The van der Waals surface area contributed by atoms with Crippen molar-refractivity contribution in [3.05, 3.63) is 70.9 Å². The number of likely N-dealkylation sites (N-methyl/N-ethyl adjacent to an activating group) is 1. The minimum absolute atomic E-state index is 0.154. The minimum atomic E-state index is -1.70. The van der Waals surface area contributed by atoms with Crippen LogP contribution >= 0.6 is 0 Å². The number of benzene rings is 2. The van der Waals surface area contributed by atoms with Gasteiger partial charge in [-0.25, -0.2) is 13.8 Å². The van der Waals surface area contributed by atoms with E-state index in [0.717, 1.165) is 35.5 Å². The zero-order valence-electron chi connectivity index (χ0n) is 16.8. The quantitative estimate of drug-likeness (QED) is 0.677. The van der Waals surface area contributed by atoms with Crippen LogP contribution in [0.1, 0.15) is 36.6 Å². The van der Waals surface area contributed by atoms with Crippen LogP contribution in [0.2, 0.25) is 0 Å². The molecule has 1 unspecified atom stereocenters. The molecule has 0 spiro atoms. The first-order valence-electron chi connectivity index (χ1n) is 9.67. The molecule has 1 heterocycles. The number of carbonyl (C=O) groups is 1. The van der Waals surface area contributed by atoms with Crippen LogP contribution in [0.15, 0.2) is 47.6 Å². The van der Waals surface area contributed by atoms with Crippen LogP contribution in [0.3, 0.4) is 0 Å². The Morgan fingerprint density at radius 1 is 1.23 bits per heavy atom. The van der Waals surface area contributed by atoms with Gasteiger partial charge in [-0.2, -0.15) is 0 Å². The molecule has 1 aliphatic rings. The average molecular weight is 414 g/mol. The Kier molecular flexibility index (Phi) is 6.47. The number of anilines is 1. The van der Waals surface area contributed by atoms with Gasteiger partial charge in [0.25, 0.3) is 5.91 Å². The Hall–Kier alpha value is -3.26. The van der Waals surface area contributed by atoms with E-state index >= 15 is 0 Å². The lowest BCUT2D eigenvalue weighted by molar-refractivity contribution is -0.124. The van der Waals surface area contributed by atoms with Crippen molar-refractivity contribution < 1.29 is 18.7 Å². The maximum Gasteiger partial charge on any atom is 0.257 e. The lowest BCUT2D eigenvalue weighted by Gasteiger charge is -2.29. The normalized spacial score (nSPS) is 14.8. The van der Waals surface area contributed by atoms with E-state index in [1.54, 1.807) is 12.3 Å². The van der Waals surface area contributed by atoms with Crippen LogP contribution in [0.4, 0.5) is 14.5 Å². The van der Waals surface area contributed by atoms with E-state index < -0.39 is 23.6 Å². The SMILES string of the molecule is CCc1cc(NC(=O)C(O)c2cc(F)cc(F)c2)ccc1C1=CN=C(N)CN1CC. The fourth-order valence-corrected chi connectivity index (χ4v) is 3.38. The summed E-state index contributed by atoms with van der Waals surface area (Å²) < 4.78 is 26.7. The summed E-state index contributed by atoms with van der Waals surface area (Å²) in [7, 11) is 0. The highest BCUT2D eigenvalue weighted by molar-refractivity contribution is 5.95. The van der Waals surface area contributed by atoms with E-state index in [1.165, 1.54) is 0 Å². The molecular formula is C22H24F2N4O2. The predicted molar refractivity (Wildman–Crippen MR) is 113 cm³/mol. The third kappa shape index (κ3) is 4.65. The smallest absolute Gasteiger partial charge is 0.257 e. The number of aliphatic imine (C=N–C) groups is 1. The Bertz CT molecular complexity index is 1000. The van der Waals surface area contributed by atoms with Gasteiger partial charge in [-0.05, 0) is 48.7 Å². The number of hydrogen-bond acceptors (Lipinski definition) is 5. The van der Waals surface area contributed by atoms with Crippen molar-refractivity contribution in [1.82, 2.24) is 4.90 Å². The molecule has 1 amide bonds. The van der Waals surface area contributed by atoms with Crippen molar-refractivity contribution in [1.29, 1.82) is 0 Å². The second-order valence-electron chi connectivity index (χ2n) is 6.97. The van der Waals surface area contributed by atoms with Gasteiger partial charge < -0.3 is 21.1 Å². The monoisotopic (exact) mass is 414 g/mol. The van der Waals surface area contributed by atoms with Gasteiger partial charge in [0.1, 0.15) is 17.5 Å². The summed E-state index contributed by atoms with van der Waals surface area (Å²) in [6.07, 6.45) is 0.733. The molecule has 0 bridgehead atoms. The maximum absolute atomic E-state index is 13.4. The molecule has 0 fully saturated rings. The highest BCUT2D eigenvalue weighted by Gasteiger charge is 2.21. The molecule has 1 atom stereocenters. The number of halogens is 2. The van der Waals surface area contributed by atoms with Crippen molar-refractivity contribution in [2.75, 3.05) is 18.4 Å². The van der Waals surface area contributed by atoms with E-state index in [-0.39, 0.29) is 5.56 Å². The van der Waals surface area contributed by atoms with Gasteiger partial charge in [0.2, 0.25) is 0 Å². The fourth-order valence-electron chi connectivity index (χ4n) is 3.38. The number of aliphatic hydroxyl groups is 1. The summed E-state index contributed by atoms with van der Waals surface area (Å²) >= 11 is 0. The molecule has 2 aromatic carbocycles. The molecule has 6 nitrogen and oxygen atoms in total. The molecule has 0 aromatic heterocycles. The molecule has 0 saturated heterocycles. The molecule has 2 aromatic rings. The first-order valence-corrected chi connectivity index (χ1v) is 9.67. The molecule has 0 aliphatic carbocycles. The largest absolute Gasteiger partial charge is 0.386 e. The standard InChI is InChI=1S/C22H24F2N4O2/c1-3-13-9-17(5-6-18(13)19-11-26-20(25)12-28(19)4-2)27-22(30)21(29)14-7-15(23)10-16(24)8-14/h5-11,21,29H,3-4,12H2,1-2H3,(H2,25,26)(H,27,30). The van der Waals surface area contributed by atoms with E-state index in [2.05, 4.69) is 15.2 Å². The third-order valence-corrected chi connectivity index (χ3v) is 4.91. The van der Waals surface area contributed by atoms with Gasteiger partial charge in [-0.15, -0.1) is 0 Å². The molecule has 30 heavy (non-hydrogen) atoms. The summed E-state index contributed by atoms with van der Waals surface area (Å²) in [6, 6.07) is 7.92. The van der Waals surface area contributed by atoms with Crippen molar-refractivity contribution in [2.45, 2.75) is 26.4 Å². The number of rotatable bonds is 6. The van der Waals surface area contributed by atoms with Crippen LogP contribution in [0.5, 0.6) is 0 Å². The average Bonchev–Trinajstić information content (AvgIpc) is 2.72. The predicted octanol–water partition coefficient (Wildman–Crippen LogP) is 3.19. The Balaban J connectivity index is 1.83. The highest BCUT2D eigenvalue weighted by Crippen LogP contribution is 2.28. The van der Waals surface area contributed by atoms with Crippen LogP contribution in [0, 0.1) is 11.6 Å². The minimum Gasteiger partial charge on any atom is -0.386 e. The second-order valence-corrected chi connectivity index (χ2v) is 6.97. The number of aryl methyl sites for hydroxylation is 1. The van der Waals surface area contributed by atoms with Gasteiger partial charge in [-0.3, -0.25) is 4.79 Å². The van der Waals surface area contributed by atoms with Crippen molar-refractivity contribution in [3.63, 3.8) is 0 Å². The topological polar surface area (TPSA) is 90.9 Å². The molecule has 3 rings (SSSR count). The molecule has 4 N–H and O–H groups in total. The van der Waals surface area contributed by atoms with E-state index in [0.29, 0.717) is 30.6 Å². The van der Waals surface area contributed by atoms with Crippen molar-refractivity contribution in [2.24, 2.45) is 10.7 Å². The van der Waals surface area contributed by atoms with Crippen LogP contribution in [-0.4, -0.2) is 34.8 Å². The van der Waals surface area contributed by atoms with Gasteiger partial charge in [0.15, 0.2) is 6.10 Å². The van der Waals surface area contributed by atoms with Crippen LogP contribution in [-0.2, 0) is 11.2 Å². The number of nitrogens with zero attached hydrogens (tertiary/aromatic N) is 2. The zero-order valence-corrected chi connectivity index (χ0v) is 16.8. The lowest BCUT2D eigenvalue weighted by Crippen LogP contribution is -2.35. The number of carbonyl (C=O) groups excluding carboxylic acids is 1. The number of aliphatic hydroxyl groups excluding tert-OH is 1. The second kappa shape index (κ2) is 9.04. The summed E-state index contributed by atoms with van der Waals surface area (Å²) in [5, 5.41) is 12.8. The summed E-state index contributed by atoms with van der Waals surface area (Å²) in [5.74, 6) is -1.96. The highest BCUT2D eigenvalue weighted by atomic mass is 19.1. The lowest BCUT2D eigenvalue weighted by atomic mass is 10.00. The van der Waals surface area contributed by atoms with Crippen LogP contribution in [0.25, 0.3) is 5.70 Å². The Morgan fingerprint density at radius 3 is 2.57 bits per heavy atom. The van der Waals surface area contributed by atoms with Crippen LogP contribution < -0.4 is 11.1 Å². The zero-order chi connectivity index (χ0) is 21.8. The van der Waals surface area contributed by atoms with Crippen molar-refractivity contribution >= 4 is 23.1 Å². The molecule has 1 aliphatic heterocycles. The van der Waals surface area contributed by atoms with Gasteiger partial charge in [0.05, 0.1) is 18.4 Å². The van der Waals surface area contributed by atoms with Gasteiger partial charge in [0, 0.05) is 23.9 Å². The maximum atomic E-state index is 13.4. The number of amidine groups is 1. The van der Waals surface area contributed by atoms with E-state index in [4.69, 9.17) is 5.73 Å². The number of nitrogens with two attached hydrogens (primary N) is 1. The Morgan fingerprint density at radius 2 is 1.93 bits per heavy atom. The molecular weight excluding hydrogens is 390 g/mol.